The molecule has 0 saturated carbocycles. The second-order valence-electron chi connectivity index (χ2n) is 7.01. The molecular formula is C20H26ClN5O. The van der Waals surface area contributed by atoms with E-state index in [1.165, 1.54) is 0 Å². The molecule has 0 bridgehead atoms. The molecule has 0 spiro atoms. The largest absolute Gasteiger partial charge is 0.335 e. The number of carbonyl (C=O) groups excluding carboxylic acids is 1. The minimum atomic E-state index is -0.0500. The van der Waals surface area contributed by atoms with Gasteiger partial charge >= 0.3 is 0 Å². The van der Waals surface area contributed by atoms with Gasteiger partial charge in [0.1, 0.15) is 5.69 Å². The van der Waals surface area contributed by atoms with Gasteiger partial charge in [0.25, 0.3) is 5.91 Å². The van der Waals surface area contributed by atoms with E-state index < -0.39 is 0 Å². The maximum absolute atomic E-state index is 12.9. The molecule has 2 heterocycles. The lowest BCUT2D eigenvalue weighted by atomic mass is 10.1. The van der Waals surface area contributed by atoms with Crippen LogP contribution in [0.1, 0.15) is 34.2 Å². The van der Waals surface area contributed by atoms with Gasteiger partial charge in [-0.1, -0.05) is 24.6 Å². The quantitative estimate of drug-likeness (QED) is 0.868. The Morgan fingerprint density at radius 2 is 1.81 bits per heavy atom. The molecule has 27 heavy (non-hydrogen) atoms. The van der Waals surface area contributed by atoms with Crippen molar-refractivity contribution >= 4 is 29.1 Å². The van der Waals surface area contributed by atoms with Crippen LogP contribution in [-0.4, -0.2) is 58.4 Å². The van der Waals surface area contributed by atoms with Crippen LogP contribution in [0.25, 0.3) is 0 Å². The summed E-state index contributed by atoms with van der Waals surface area (Å²) in [6.45, 7) is 12.2. The summed E-state index contributed by atoms with van der Waals surface area (Å²) in [5.74, 6) is 0.338. The predicted molar refractivity (Wildman–Crippen MR) is 109 cm³/mol. The molecule has 144 valence electrons. The third-order valence-corrected chi connectivity index (χ3v) is 5.15. The number of nitrogens with zero attached hydrogens (tertiary/aromatic N) is 4. The van der Waals surface area contributed by atoms with Crippen molar-refractivity contribution in [3.05, 3.63) is 45.7 Å². The first-order valence-electron chi connectivity index (χ1n) is 9.28. The summed E-state index contributed by atoms with van der Waals surface area (Å²) in [5, 5.41) is 3.80. The normalized spacial score (nSPS) is 15.1. The molecule has 2 aromatic rings. The number of aryl methyl sites for hydroxylation is 3. The smallest absolute Gasteiger partial charge is 0.272 e. The summed E-state index contributed by atoms with van der Waals surface area (Å²) in [5.41, 5.74) is 4.02. The topological polar surface area (TPSA) is 61.4 Å². The maximum atomic E-state index is 12.9. The Morgan fingerprint density at radius 3 is 2.44 bits per heavy atom. The summed E-state index contributed by atoms with van der Waals surface area (Å²) in [6.07, 6.45) is 0. The Kier molecular flexibility index (Phi) is 5.97. The van der Waals surface area contributed by atoms with Crippen LogP contribution in [0.3, 0.4) is 0 Å². The Morgan fingerprint density at radius 1 is 1.11 bits per heavy atom. The van der Waals surface area contributed by atoms with Gasteiger partial charge < -0.3 is 15.1 Å². The molecule has 1 aliphatic heterocycles. The highest BCUT2D eigenvalue weighted by atomic mass is 35.5. The van der Waals surface area contributed by atoms with E-state index in [-0.39, 0.29) is 5.91 Å². The highest BCUT2D eigenvalue weighted by molar-refractivity contribution is 6.33. The predicted octanol–water partition coefficient (Wildman–Crippen LogP) is 3.58. The fourth-order valence-corrected chi connectivity index (χ4v) is 3.72. The SMILES string of the molecule is CCN1CCN(C(=O)c2cc(C)nc(Nc3c(C)cc(C)cc3Cl)n2)CC1. The molecule has 1 N–H and O–H groups in total. The number of anilines is 2. The number of piperazine rings is 1. The number of likely N-dealkylation sites (N-methyl/N-ethyl adjacent to an activating group) is 1. The summed E-state index contributed by atoms with van der Waals surface area (Å²) >= 11 is 6.38. The first-order chi connectivity index (χ1) is 12.9. The van der Waals surface area contributed by atoms with Crippen LogP contribution in [0.5, 0.6) is 0 Å². The van der Waals surface area contributed by atoms with Gasteiger partial charge in [-0.05, 0) is 50.6 Å². The van der Waals surface area contributed by atoms with E-state index in [0.717, 1.165) is 55.2 Å². The monoisotopic (exact) mass is 387 g/mol. The number of aromatic nitrogens is 2. The fourth-order valence-electron chi connectivity index (χ4n) is 3.35. The minimum absolute atomic E-state index is 0.0500. The Labute approximate surface area is 165 Å². The zero-order chi connectivity index (χ0) is 19.6. The van der Waals surface area contributed by atoms with Crippen LogP contribution >= 0.6 is 11.6 Å². The van der Waals surface area contributed by atoms with Crippen molar-refractivity contribution in [1.29, 1.82) is 0 Å². The van der Waals surface area contributed by atoms with E-state index in [1.807, 2.05) is 37.8 Å². The van der Waals surface area contributed by atoms with Crippen molar-refractivity contribution < 1.29 is 4.79 Å². The molecule has 0 aliphatic carbocycles. The highest BCUT2D eigenvalue weighted by Gasteiger charge is 2.23. The average molecular weight is 388 g/mol. The highest BCUT2D eigenvalue weighted by Crippen LogP contribution is 2.29. The molecule has 0 radical (unpaired) electrons. The van der Waals surface area contributed by atoms with Gasteiger partial charge in [-0.3, -0.25) is 4.79 Å². The van der Waals surface area contributed by atoms with E-state index in [1.54, 1.807) is 6.07 Å². The standard InChI is InChI=1S/C20H26ClN5O/c1-5-25-6-8-26(9-7-25)19(27)17-12-15(4)22-20(23-17)24-18-14(3)10-13(2)11-16(18)21/h10-12H,5-9H2,1-4H3,(H,22,23,24). The third-order valence-electron chi connectivity index (χ3n) is 4.85. The zero-order valence-electron chi connectivity index (χ0n) is 16.3. The molecule has 0 atom stereocenters. The van der Waals surface area contributed by atoms with E-state index in [2.05, 4.69) is 27.1 Å². The minimum Gasteiger partial charge on any atom is -0.335 e. The summed E-state index contributed by atoms with van der Waals surface area (Å²) in [6, 6.07) is 5.68. The van der Waals surface area contributed by atoms with Gasteiger partial charge in [0.2, 0.25) is 5.95 Å². The van der Waals surface area contributed by atoms with Gasteiger partial charge in [-0.25, -0.2) is 9.97 Å². The van der Waals surface area contributed by atoms with E-state index in [0.29, 0.717) is 16.7 Å². The molecule has 1 fully saturated rings. The van der Waals surface area contributed by atoms with Crippen LogP contribution in [0, 0.1) is 20.8 Å². The molecular weight excluding hydrogens is 362 g/mol. The third kappa shape index (κ3) is 4.57. The molecule has 1 aromatic carbocycles. The number of benzene rings is 1. The van der Waals surface area contributed by atoms with Crippen molar-refractivity contribution in [3.8, 4) is 0 Å². The van der Waals surface area contributed by atoms with Crippen molar-refractivity contribution in [1.82, 2.24) is 19.8 Å². The summed E-state index contributed by atoms with van der Waals surface area (Å²) < 4.78 is 0. The van der Waals surface area contributed by atoms with Crippen molar-refractivity contribution in [2.75, 3.05) is 38.0 Å². The Hall–Kier alpha value is -2.18. The number of hydrogen-bond donors (Lipinski definition) is 1. The zero-order valence-corrected chi connectivity index (χ0v) is 17.1. The average Bonchev–Trinajstić information content (AvgIpc) is 2.63. The second kappa shape index (κ2) is 8.23. The van der Waals surface area contributed by atoms with Crippen LogP contribution in [0.15, 0.2) is 18.2 Å². The molecule has 1 amide bonds. The lowest BCUT2D eigenvalue weighted by Crippen LogP contribution is -2.48. The van der Waals surface area contributed by atoms with Crippen LogP contribution < -0.4 is 5.32 Å². The number of rotatable bonds is 4. The van der Waals surface area contributed by atoms with E-state index >= 15 is 0 Å². The summed E-state index contributed by atoms with van der Waals surface area (Å²) in [7, 11) is 0. The van der Waals surface area contributed by atoms with Gasteiger partial charge in [0.05, 0.1) is 10.7 Å². The number of hydrogen-bond acceptors (Lipinski definition) is 5. The Balaban J connectivity index is 1.82. The van der Waals surface area contributed by atoms with Gasteiger partial charge in [-0.2, -0.15) is 0 Å². The number of amides is 1. The lowest BCUT2D eigenvalue weighted by Gasteiger charge is -2.33. The van der Waals surface area contributed by atoms with Crippen molar-refractivity contribution in [2.24, 2.45) is 0 Å². The van der Waals surface area contributed by atoms with Crippen LogP contribution in [0.4, 0.5) is 11.6 Å². The van der Waals surface area contributed by atoms with Gasteiger partial charge in [0, 0.05) is 31.9 Å². The second-order valence-corrected chi connectivity index (χ2v) is 7.42. The van der Waals surface area contributed by atoms with Gasteiger partial charge in [-0.15, -0.1) is 0 Å². The fraction of sp³-hybridized carbons (Fsp3) is 0.450. The molecule has 1 saturated heterocycles. The molecule has 0 unspecified atom stereocenters. The molecule has 1 aromatic heterocycles. The number of carbonyl (C=O) groups is 1. The maximum Gasteiger partial charge on any atom is 0.272 e. The van der Waals surface area contributed by atoms with Crippen molar-refractivity contribution in [3.63, 3.8) is 0 Å². The van der Waals surface area contributed by atoms with Gasteiger partial charge in [0.15, 0.2) is 0 Å². The first-order valence-corrected chi connectivity index (χ1v) is 9.66. The number of nitrogens with one attached hydrogen (secondary N) is 1. The van der Waals surface area contributed by atoms with Crippen LogP contribution in [0.2, 0.25) is 5.02 Å². The lowest BCUT2D eigenvalue weighted by molar-refractivity contribution is 0.0637. The van der Waals surface area contributed by atoms with E-state index in [9.17, 15) is 4.79 Å². The first kappa shape index (κ1) is 19.6. The molecule has 7 heteroatoms. The summed E-state index contributed by atoms with van der Waals surface area (Å²) in [4.78, 5) is 26.0. The number of halogens is 1. The molecule has 3 rings (SSSR count). The van der Waals surface area contributed by atoms with E-state index in [4.69, 9.17) is 11.6 Å². The molecule has 6 nitrogen and oxygen atoms in total. The Bertz CT molecular complexity index is 823. The van der Waals surface area contributed by atoms with Crippen LogP contribution in [-0.2, 0) is 0 Å². The van der Waals surface area contributed by atoms with Crippen molar-refractivity contribution in [2.45, 2.75) is 27.7 Å². The molecule has 1 aliphatic rings.